The lowest BCUT2D eigenvalue weighted by Crippen LogP contribution is -2.44. The van der Waals surface area contributed by atoms with Gasteiger partial charge in [-0.15, -0.1) is 0 Å². The van der Waals surface area contributed by atoms with Crippen molar-refractivity contribution in [2.45, 2.75) is 13.8 Å². The summed E-state index contributed by atoms with van der Waals surface area (Å²) >= 11 is 0. The van der Waals surface area contributed by atoms with Crippen LogP contribution in [0.15, 0.2) is 10.6 Å². The molecular formula is C7H11NO2S. The molecule has 0 aromatic rings. The lowest BCUT2D eigenvalue weighted by Gasteiger charge is -2.34. The predicted octanol–water partition coefficient (Wildman–Crippen LogP) is 0.144. The Labute approximate surface area is 68.1 Å². The number of carbonyl (C=O) groups excluding carboxylic acids is 1. The monoisotopic (exact) mass is 173 g/mol. The molecule has 4 heteroatoms. The van der Waals surface area contributed by atoms with E-state index in [1.807, 2.05) is 0 Å². The van der Waals surface area contributed by atoms with Gasteiger partial charge < -0.3 is 5.73 Å². The fraction of sp³-hybridized carbons (Fsp3) is 0.571. The summed E-state index contributed by atoms with van der Waals surface area (Å²) in [5.41, 5.74) is 5.45. The zero-order valence-electron chi connectivity index (χ0n) is 6.80. The van der Waals surface area contributed by atoms with Gasteiger partial charge in [-0.3, -0.25) is 9.00 Å². The van der Waals surface area contributed by atoms with Gasteiger partial charge in [0.2, 0.25) is 0 Å². The molecule has 0 aliphatic heterocycles. The maximum absolute atomic E-state index is 11.2. The van der Waals surface area contributed by atoms with Crippen molar-refractivity contribution in [3.8, 4) is 0 Å². The molecule has 0 heterocycles. The zero-order chi connectivity index (χ0) is 8.81. The summed E-state index contributed by atoms with van der Waals surface area (Å²) in [6.45, 7) is 3.47. The third-order valence-corrected chi connectivity index (χ3v) is 2.96. The molecule has 1 rings (SSSR count). The van der Waals surface area contributed by atoms with Gasteiger partial charge in [0.15, 0.2) is 5.78 Å². The van der Waals surface area contributed by atoms with Crippen molar-refractivity contribution in [1.82, 2.24) is 0 Å². The van der Waals surface area contributed by atoms with Crippen molar-refractivity contribution < 1.29 is 9.00 Å². The highest BCUT2D eigenvalue weighted by Crippen LogP contribution is 2.39. The van der Waals surface area contributed by atoms with Crippen molar-refractivity contribution in [1.29, 1.82) is 0 Å². The average Bonchev–Trinajstić information content (AvgIpc) is 1.87. The summed E-state index contributed by atoms with van der Waals surface area (Å²) in [5.74, 6) is -0.0872. The summed E-state index contributed by atoms with van der Waals surface area (Å²) in [6.07, 6.45) is 1.47. The average molecular weight is 173 g/mol. The molecule has 3 nitrogen and oxygen atoms in total. The van der Waals surface area contributed by atoms with Crippen LogP contribution in [0.2, 0.25) is 0 Å². The normalized spacial score (nSPS) is 24.8. The van der Waals surface area contributed by atoms with Crippen molar-refractivity contribution in [3.63, 3.8) is 0 Å². The second kappa shape index (κ2) is 2.17. The maximum atomic E-state index is 11.2. The molecule has 0 fully saturated rings. The molecule has 1 aliphatic rings. The summed E-state index contributed by atoms with van der Waals surface area (Å²) in [7, 11) is -1.23. The van der Waals surface area contributed by atoms with Crippen LogP contribution in [0.3, 0.4) is 0 Å². The number of Topliss-reactive ketones (excluding diaryl/α,β-unsaturated/α-hetero) is 1. The number of hydrogen-bond donors (Lipinski definition) is 1. The molecule has 0 bridgehead atoms. The molecule has 0 saturated heterocycles. The zero-order valence-corrected chi connectivity index (χ0v) is 7.62. The summed E-state index contributed by atoms with van der Waals surface area (Å²) in [4.78, 5) is 11.5. The van der Waals surface area contributed by atoms with Crippen molar-refractivity contribution in [2.24, 2.45) is 11.1 Å². The van der Waals surface area contributed by atoms with E-state index in [1.165, 1.54) is 6.26 Å². The van der Waals surface area contributed by atoms with Crippen LogP contribution in [0.25, 0.3) is 0 Å². The number of carbonyl (C=O) groups is 1. The first-order chi connectivity index (χ1) is 4.89. The van der Waals surface area contributed by atoms with Crippen LogP contribution in [0.1, 0.15) is 13.8 Å². The molecule has 1 unspecified atom stereocenters. The van der Waals surface area contributed by atoms with Crippen molar-refractivity contribution in [3.05, 3.63) is 10.6 Å². The fourth-order valence-electron chi connectivity index (χ4n) is 1.04. The minimum Gasteiger partial charge on any atom is -0.400 e. The van der Waals surface area contributed by atoms with E-state index in [1.54, 1.807) is 13.8 Å². The molecule has 2 N–H and O–H groups in total. The Hall–Kier alpha value is -0.640. The third-order valence-electron chi connectivity index (χ3n) is 1.98. The highest BCUT2D eigenvalue weighted by atomic mass is 32.2. The van der Waals surface area contributed by atoms with Gasteiger partial charge in [-0.25, -0.2) is 0 Å². The van der Waals surface area contributed by atoms with Crippen LogP contribution in [0, 0.1) is 5.41 Å². The lowest BCUT2D eigenvalue weighted by molar-refractivity contribution is -0.123. The van der Waals surface area contributed by atoms with E-state index < -0.39 is 16.2 Å². The van der Waals surface area contributed by atoms with E-state index in [9.17, 15) is 9.00 Å². The fourth-order valence-corrected chi connectivity index (χ4v) is 2.12. The number of rotatable bonds is 1. The van der Waals surface area contributed by atoms with Crippen LogP contribution in [-0.2, 0) is 15.6 Å². The van der Waals surface area contributed by atoms with Gasteiger partial charge in [-0.2, -0.15) is 0 Å². The van der Waals surface area contributed by atoms with E-state index in [0.717, 1.165) is 0 Å². The van der Waals surface area contributed by atoms with Crippen LogP contribution in [0.4, 0.5) is 0 Å². The number of nitrogens with two attached hydrogens (primary N) is 1. The molecular weight excluding hydrogens is 162 g/mol. The summed E-state index contributed by atoms with van der Waals surface area (Å²) < 4.78 is 10.9. The van der Waals surface area contributed by atoms with E-state index >= 15 is 0 Å². The number of allylic oxidation sites excluding steroid dienone is 2. The first-order valence-electron chi connectivity index (χ1n) is 3.27. The lowest BCUT2D eigenvalue weighted by atomic mass is 9.75. The Morgan fingerprint density at radius 2 is 1.91 bits per heavy atom. The standard InChI is InChI=1S/C7H11NO2S/c1-7(2)5(8)4(6(7)9)11(3)10/h8H2,1-3H3. The first-order valence-corrected chi connectivity index (χ1v) is 4.83. The molecule has 0 aromatic carbocycles. The summed E-state index contributed by atoms with van der Waals surface area (Å²) in [5, 5.41) is 0. The van der Waals surface area contributed by atoms with E-state index in [4.69, 9.17) is 5.73 Å². The maximum Gasteiger partial charge on any atom is 0.184 e. The second-order valence-electron chi connectivity index (χ2n) is 3.15. The van der Waals surface area contributed by atoms with Crippen LogP contribution < -0.4 is 5.73 Å². The van der Waals surface area contributed by atoms with Crippen molar-refractivity contribution >= 4 is 16.6 Å². The Bertz CT molecular complexity index is 278. The second-order valence-corrected chi connectivity index (χ2v) is 4.47. The van der Waals surface area contributed by atoms with Crippen LogP contribution >= 0.6 is 0 Å². The molecule has 62 valence electrons. The van der Waals surface area contributed by atoms with Gasteiger partial charge in [-0.1, -0.05) is 0 Å². The highest BCUT2D eigenvalue weighted by Gasteiger charge is 2.46. The Balaban J connectivity index is 3.13. The van der Waals surface area contributed by atoms with Crippen LogP contribution in [0.5, 0.6) is 0 Å². The van der Waals surface area contributed by atoms with Crippen LogP contribution in [-0.4, -0.2) is 16.2 Å². The number of hydrogen-bond acceptors (Lipinski definition) is 3. The molecule has 11 heavy (non-hydrogen) atoms. The Morgan fingerprint density at radius 1 is 1.45 bits per heavy atom. The van der Waals surface area contributed by atoms with E-state index in [-0.39, 0.29) is 5.78 Å². The molecule has 0 radical (unpaired) electrons. The van der Waals surface area contributed by atoms with Gasteiger partial charge in [0.25, 0.3) is 0 Å². The molecule has 0 aromatic heterocycles. The minimum atomic E-state index is -1.23. The van der Waals surface area contributed by atoms with E-state index in [0.29, 0.717) is 10.6 Å². The molecule has 1 aliphatic carbocycles. The molecule has 0 saturated carbocycles. The molecule has 0 amide bonds. The smallest absolute Gasteiger partial charge is 0.184 e. The van der Waals surface area contributed by atoms with Gasteiger partial charge in [0.1, 0.15) is 4.91 Å². The third kappa shape index (κ3) is 0.929. The molecule has 1 atom stereocenters. The summed E-state index contributed by atoms with van der Waals surface area (Å²) in [6, 6.07) is 0. The topological polar surface area (TPSA) is 60.2 Å². The Kier molecular flexibility index (Phi) is 1.67. The minimum absolute atomic E-state index is 0.0872. The van der Waals surface area contributed by atoms with Gasteiger partial charge >= 0.3 is 0 Å². The highest BCUT2D eigenvalue weighted by molar-refractivity contribution is 7.89. The Morgan fingerprint density at radius 3 is 2.09 bits per heavy atom. The van der Waals surface area contributed by atoms with Gasteiger partial charge in [0, 0.05) is 12.0 Å². The van der Waals surface area contributed by atoms with Gasteiger partial charge in [-0.05, 0) is 13.8 Å². The SMILES string of the molecule is CS(=O)C1=C(N)C(C)(C)C1=O. The predicted molar refractivity (Wildman–Crippen MR) is 44.1 cm³/mol. The van der Waals surface area contributed by atoms with Gasteiger partial charge in [0.05, 0.1) is 16.2 Å². The quantitative estimate of drug-likeness (QED) is 0.613. The molecule has 0 spiro atoms. The first kappa shape index (κ1) is 8.46. The van der Waals surface area contributed by atoms with E-state index in [2.05, 4.69) is 0 Å². The van der Waals surface area contributed by atoms with Crippen molar-refractivity contribution in [2.75, 3.05) is 6.26 Å². The number of ketones is 1. The largest absolute Gasteiger partial charge is 0.400 e.